The van der Waals surface area contributed by atoms with Gasteiger partial charge in [-0.3, -0.25) is 4.90 Å². The van der Waals surface area contributed by atoms with Crippen molar-refractivity contribution >= 4 is 38.1 Å². The Bertz CT molecular complexity index is 1110. The number of hydrogen-bond donors (Lipinski definition) is 1. The highest BCUT2D eigenvalue weighted by atomic mass is 32.2. The fourth-order valence-corrected chi connectivity index (χ4v) is 6.58. The van der Waals surface area contributed by atoms with Crippen LogP contribution in [0.4, 0.5) is 16.8 Å². The Morgan fingerprint density at radius 3 is 2.62 bits per heavy atom. The summed E-state index contributed by atoms with van der Waals surface area (Å²) in [5.41, 5.74) is 1.74. The first-order chi connectivity index (χ1) is 15.2. The van der Waals surface area contributed by atoms with Crippen molar-refractivity contribution in [2.45, 2.75) is 38.6 Å². The van der Waals surface area contributed by atoms with Crippen LogP contribution in [0.3, 0.4) is 0 Å². The fourth-order valence-electron chi connectivity index (χ4n) is 4.73. The molecule has 2 fully saturated rings. The zero-order chi connectivity index (χ0) is 22.9. The highest BCUT2D eigenvalue weighted by Gasteiger charge is 2.49. The molecule has 2 aromatic heterocycles. The van der Waals surface area contributed by atoms with Crippen LogP contribution in [0.15, 0.2) is 12.3 Å². The van der Waals surface area contributed by atoms with Crippen LogP contribution in [0.25, 0.3) is 0 Å². The van der Waals surface area contributed by atoms with Gasteiger partial charge in [-0.2, -0.15) is 14.6 Å². The molecular formula is C21H29N7O2S2. The van der Waals surface area contributed by atoms with Gasteiger partial charge in [-0.1, -0.05) is 0 Å². The third kappa shape index (κ3) is 5.03. The van der Waals surface area contributed by atoms with Crippen molar-refractivity contribution in [2.24, 2.45) is 5.92 Å². The Hall–Kier alpha value is -2.29. The Kier molecular flexibility index (Phi) is 6.38. The highest BCUT2D eigenvalue weighted by molar-refractivity contribution is 7.90. The molecule has 0 aliphatic carbocycles. The molecule has 0 spiro atoms. The summed E-state index contributed by atoms with van der Waals surface area (Å²) < 4.78 is 27.6. The van der Waals surface area contributed by atoms with E-state index in [2.05, 4.69) is 30.5 Å². The van der Waals surface area contributed by atoms with Crippen LogP contribution in [0, 0.1) is 31.1 Å². The standard InChI is InChI=1S/C21H29N7O2S2/c1-15-11-23-20(24-18-10-16(2)26-31-18)25-19(15)27-13-21(14-27,6-7-22)28-8-4-17(5-9-28)12-32(3,29)30/h10-11,17H,4-6,8-9,12-14H2,1-3H3,(H,23,24,25). The molecule has 2 aliphatic rings. The third-order valence-electron chi connectivity index (χ3n) is 6.31. The Labute approximate surface area is 193 Å². The quantitative estimate of drug-likeness (QED) is 0.645. The fraction of sp³-hybridized carbons (Fsp3) is 0.619. The topological polar surface area (TPSA) is 115 Å². The molecule has 0 aromatic carbocycles. The normalized spacial score (nSPS) is 19.4. The molecule has 0 amide bonds. The Morgan fingerprint density at radius 2 is 2.03 bits per heavy atom. The van der Waals surface area contributed by atoms with E-state index in [4.69, 9.17) is 4.98 Å². The zero-order valence-electron chi connectivity index (χ0n) is 18.7. The number of nitrogens with one attached hydrogen (secondary N) is 1. The largest absolute Gasteiger partial charge is 0.352 e. The number of nitrogens with zero attached hydrogens (tertiary/aromatic N) is 6. The molecule has 1 N–H and O–H groups in total. The maximum Gasteiger partial charge on any atom is 0.229 e. The summed E-state index contributed by atoms with van der Waals surface area (Å²) >= 11 is 1.38. The second kappa shape index (κ2) is 8.92. The molecule has 9 nitrogen and oxygen atoms in total. The van der Waals surface area contributed by atoms with Gasteiger partial charge in [0, 0.05) is 31.1 Å². The number of rotatable bonds is 7. The molecule has 2 aromatic rings. The van der Waals surface area contributed by atoms with Crippen LogP contribution in [0.5, 0.6) is 0 Å². The molecule has 0 bridgehead atoms. The maximum absolute atomic E-state index is 11.6. The van der Waals surface area contributed by atoms with E-state index >= 15 is 0 Å². The van der Waals surface area contributed by atoms with Gasteiger partial charge >= 0.3 is 0 Å². The molecule has 11 heteroatoms. The molecule has 4 rings (SSSR count). The van der Waals surface area contributed by atoms with Crippen molar-refractivity contribution in [1.29, 1.82) is 5.26 Å². The van der Waals surface area contributed by atoms with Gasteiger partial charge in [-0.25, -0.2) is 13.4 Å². The summed E-state index contributed by atoms with van der Waals surface area (Å²) in [7, 11) is -2.96. The summed E-state index contributed by atoms with van der Waals surface area (Å²) in [5, 5.41) is 13.6. The zero-order valence-corrected chi connectivity index (χ0v) is 20.3. The number of likely N-dealkylation sites (tertiary alicyclic amines) is 1. The smallest absolute Gasteiger partial charge is 0.229 e. The van der Waals surface area contributed by atoms with Gasteiger partial charge in [-0.05, 0) is 63.3 Å². The minimum atomic E-state index is -2.96. The van der Waals surface area contributed by atoms with E-state index in [1.54, 1.807) is 0 Å². The second-order valence-corrected chi connectivity index (χ2v) is 12.1. The lowest BCUT2D eigenvalue weighted by molar-refractivity contribution is 0.0324. The molecule has 0 saturated carbocycles. The first kappa shape index (κ1) is 22.9. The predicted octanol–water partition coefficient (Wildman–Crippen LogP) is 2.52. The minimum Gasteiger partial charge on any atom is -0.352 e. The van der Waals surface area contributed by atoms with Crippen molar-refractivity contribution < 1.29 is 8.42 Å². The second-order valence-electron chi connectivity index (χ2n) is 9.10. The van der Waals surface area contributed by atoms with Gasteiger partial charge in [0.05, 0.1) is 29.5 Å². The molecule has 0 radical (unpaired) electrons. The van der Waals surface area contributed by atoms with E-state index < -0.39 is 9.84 Å². The van der Waals surface area contributed by atoms with Gasteiger partial charge in [0.1, 0.15) is 20.7 Å². The number of anilines is 3. The Morgan fingerprint density at radius 1 is 1.31 bits per heavy atom. The third-order valence-corrected chi connectivity index (χ3v) is 8.18. The molecule has 4 heterocycles. The van der Waals surface area contributed by atoms with E-state index in [-0.39, 0.29) is 17.2 Å². The summed E-state index contributed by atoms with van der Waals surface area (Å²) in [5.74, 6) is 1.88. The van der Waals surface area contributed by atoms with Crippen LogP contribution in [-0.4, -0.2) is 71.4 Å². The Balaban J connectivity index is 1.43. The van der Waals surface area contributed by atoms with Crippen LogP contribution in [-0.2, 0) is 9.84 Å². The molecule has 32 heavy (non-hydrogen) atoms. The monoisotopic (exact) mass is 475 g/mol. The van der Waals surface area contributed by atoms with Crippen LogP contribution >= 0.6 is 11.5 Å². The van der Waals surface area contributed by atoms with Gasteiger partial charge in [0.2, 0.25) is 5.95 Å². The summed E-state index contributed by atoms with van der Waals surface area (Å²) in [4.78, 5) is 13.7. The number of aryl methyl sites for hydroxylation is 2. The first-order valence-electron chi connectivity index (χ1n) is 10.8. The van der Waals surface area contributed by atoms with Crippen LogP contribution < -0.4 is 10.2 Å². The maximum atomic E-state index is 11.6. The van der Waals surface area contributed by atoms with Crippen molar-refractivity contribution in [3.05, 3.63) is 23.5 Å². The van der Waals surface area contributed by atoms with E-state index in [0.717, 1.165) is 61.1 Å². The van der Waals surface area contributed by atoms with Gasteiger partial charge in [0.15, 0.2) is 0 Å². The van der Waals surface area contributed by atoms with E-state index in [0.29, 0.717) is 12.4 Å². The lowest BCUT2D eigenvalue weighted by atomic mass is 9.82. The van der Waals surface area contributed by atoms with Gasteiger partial charge in [-0.15, -0.1) is 0 Å². The molecule has 0 unspecified atom stereocenters. The predicted molar refractivity (Wildman–Crippen MR) is 126 cm³/mol. The van der Waals surface area contributed by atoms with Crippen molar-refractivity contribution in [2.75, 3.05) is 48.4 Å². The van der Waals surface area contributed by atoms with Gasteiger partial charge < -0.3 is 10.2 Å². The number of hydrogen-bond acceptors (Lipinski definition) is 10. The number of aromatic nitrogens is 3. The van der Waals surface area contributed by atoms with E-state index in [1.807, 2.05) is 26.1 Å². The number of nitriles is 1. The number of sulfone groups is 1. The van der Waals surface area contributed by atoms with Crippen molar-refractivity contribution in [3.63, 3.8) is 0 Å². The minimum absolute atomic E-state index is 0.204. The molecule has 2 aliphatic heterocycles. The molecular weight excluding hydrogens is 446 g/mol. The summed E-state index contributed by atoms with van der Waals surface area (Å²) in [6.45, 7) is 7.06. The molecule has 172 valence electrons. The molecule has 0 atom stereocenters. The van der Waals surface area contributed by atoms with Crippen molar-refractivity contribution in [1.82, 2.24) is 19.2 Å². The van der Waals surface area contributed by atoms with Gasteiger partial charge in [0.25, 0.3) is 0 Å². The average Bonchev–Trinajstić information content (AvgIpc) is 3.10. The lowest BCUT2D eigenvalue weighted by Gasteiger charge is -2.57. The first-order valence-corrected chi connectivity index (χ1v) is 13.6. The van der Waals surface area contributed by atoms with Crippen LogP contribution in [0.1, 0.15) is 30.5 Å². The summed E-state index contributed by atoms with van der Waals surface area (Å²) in [6, 6.07) is 4.34. The lowest BCUT2D eigenvalue weighted by Crippen LogP contribution is -2.71. The average molecular weight is 476 g/mol. The highest BCUT2D eigenvalue weighted by Crippen LogP contribution is 2.38. The SMILES string of the molecule is Cc1cc(Nc2ncc(C)c(N3CC(CC#N)(N4CCC(CS(C)(=O)=O)CC4)C3)n2)sn1. The number of piperidine rings is 1. The van der Waals surface area contributed by atoms with Crippen LogP contribution in [0.2, 0.25) is 0 Å². The molecule has 2 saturated heterocycles. The van der Waals surface area contributed by atoms with E-state index in [9.17, 15) is 13.7 Å². The van der Waals surface area contributed by atoms with E-state index in [1.165, 1.54) is 17.8 Å². The van der Waals surface area contributed by atoms with Crippen molar-refractivity contribution in [3.8, 4) is 6.07 Å². The summed E-state index contributed by atoms with van der Waals surface area (Å²) in [6.07, 6.45) is 5.29.